The van der Waals surface area contributed by atoms with Crippen LogP contribution in [-0.4, -0.2) is 65.2 Å². The molecule has 12 nitrogen and oxygen atoms in total. The zero-order valence-electron chi connectivity index (χ0n) is 21.4. The van der Waals surface area contributed by atoms with Gasteiger partial charge in [-0.1, -0.05) is 45.7 Å². The Bertz CT molecular complexity index is 761. The van der Waals surface area contributed by atoms with E-state index in [9.17, 15) is 24.3 Å². The third-order valence-corrected chi connectivity index (χ3v) is 5.46. The molecule has 0 aliphatic heterocycles. The average Bonchev–Trinajstić information content (AvgIpc) is 2.74. The van der Waals surface area contributed by atoms with Crippen molar-refractivity contribution in [1.29, 1.82) is 0 Å². The molecule has 0 aromatic heterocycles. The summed E-state index contributed by atoms with van der Waals surface area (Å²) in [6.45, 7) is 13.6. The molecule has 34 heavy (non-hydrogen) atoms. The Hall–Kier alpha value is -2.85. The van der Waals surface area contributed by atoms with Gasteiger partial charge in [-0.2, -0.15) is 0 Å². The number of amides is 3. The topological polar surface area (TPSA) is 183 Å². The fourth-order valence-electron chi connectivity index (χ4n) is 3.21. The molecule has 0 rings (SSSR count). The van der Waals surface area contributed by atoms with E-state index >= 15 is 0 Å². The number of rotatable bonds is 14. The van der Waals surface area contributed by atoms with Crippen molar-refractivity contribution in [3.8, 4) is 0 Å². The zero-order chi connectivity index (χ0) is 26.6. The van der Waals surface area contributed by atoms with Crippen LogP contribution >= 0.6 is 0 Å². The highest BCUT2D eigenvalue weighted by atomic mass is 16.5. The first-order valence-corrected chi connectivity index (χ1v) is 11.5. The highest BCUT2D eigenvalue weighted by Crippen LogP contribution is 2.15. The molecule has 0 bridgehead atoms. The Kier molecular flexibility index (Phi) is 13.2. The molecule has 0 spiro atoms. The van der Waals surface area contributed by atoms with Crippen molar-refractivity contribution in [3.05, 3.63) is 10.4 Å². The van der Waals surface area contributed by atoms with Crippen LogP contribution in [0.1, 0.15) is 68.2 Å². The van der Waals surface area contributed by atoms with E-state index in [1.54, 1.807) is 41.5 Å². The number of carbonyl (C=O) groups is 4. The molecule has 4 N–H and O–H groups in total. The lowest BCUT2D eigenvalue weighted by atomic mass is 9.94. The molecule has 6 atom stereocenters. The number of aliphatic carboxylic acids is 1. The average molecular weight is 485 g/mol. The van der Waals surface area contributed by atoms with Crippen LogP contribution in [-0.2, 0) is 23.9 Å². The number of hydrogen-bond donors (Lipinski definition) is 4. The zero-order valence-corrected chi connectivity index (χ0v) is 21.4. The maximum atomic E-state index is 13.1. The van der Waals surface area contributed by atoms with Crippen molar-refractivity contribution in [2.75, 3.05) is 6.54 Å². The largest absolute Gasteiger partial charge is 0.480 e. The molecule has 194 valence electrons. The summed E-state index contributed by atoms with van der Waals surface area (Å²) in [5.74, 6) is -3.74. The molecule has 0 radical (unpaired) electrons. The lowest BCUT2D eigenvalue weighted by molar-refractivity contribution is -0.151. The van der Waals surface area contributed by atoms with Crippen LogP contribution in [0.4, 0.5) is 0 Å². The molecule has 0 aromatic carbocycles. The van der Waals surface area contributed by atoms with E-state index in [1.165, 1.54) is 0 Å². The normalized spacial score (nSPS) is 16.6. The summed E-state index contributed by atoms with van der Waals surface area (Å²) in [4.78, 5) is 52.6. The number of nitrogens with zero attached hydrogens (tertiary/aromatic N) is 3. The Morgan fingerprint density at radius 2 is 1.35 bits per heavy atom. The molecular formula is C22H40N6O6. The second kappa shape index (κ2) is 14.4. The van der Waals surface area contributed by atoms with Crippen molar-refractivity contribution in [2.45, 2.75) is 98.1 Å². The molecule has 0 aromatic rings. The highest BCUT2D eigenvalue weighted by molar-refractivity contribution is 5.94. The van der Waals surface area contributed by atoms with Crippen LogP contribution in [0.5, 0.6) is 0 Å². The van der Waals surface area contributed by atoms with Crippen LogP contribution < -0.4 is 16.0 Å². The quantitative estimate of drug-likeness (QED) is 0.166. The minimum Gasteiger partial charge on any atom is -0.480 e. The molecule has 12 heteroatoms. The number of carboxylic acids is 1. The number of carbonyl (C=O) groups excluding carboxylic acids is 3. The molecule has 0 aliphatic rings. The van der Waals surface area contributed by atoms with Gasteiger partial charge in [-0.15, -0.1) is 0 Å². The summed E-state index contributed by atoms with van der Waals surface area (Å²) in [5, 5.41) is 20.6. The monoisotopic (exact) mass is 484 g/mol. The Labute approximate surface area is 201 Å². The van der Waals surface area contributed by atoms with Gasteiger partial charge in [0.1, 0.15) is 18.6 Å². The standard InChI is InChI=1S/C22H40N6O6/c1-9-12(3)16(25-15(29)11-24-28-23)19(30)26-17(13(4)10-2)20(31)27-18(21(32)33)14(5)34-22(6,7)8/h12-14,16-18H,9-11H2,1-8H3,(H,25,29)(H,26,30)(H,27,31)(H,32,33)/t12-,13-,14+,16-,17-,18-/m0/s1. The van der Waals surface area contributed by atoms with Gasteiger partial charge in [0.2, 0.25) is 17.7 Å². The summed E-state index contributed by atoms with van der Waals surface area (Å²) >= 11 is 0. The van der Waals surface area contributed by atoms with Crippen LogP contribution in [0.15, 0.2) is 5.11 Å². The van der Waals surface area contributed by atoms with Crippen molar-refractivity contribution in [3.63, 3.8) is 0 Å². The molecular weight excluding hydrogens is 444 g/mol. The van der Waals surface area contributed by atoms with Crippen molar-refractivity contribution in [2.24, 2.45) is 17.0 Å². The predicted octanol–water partition coefficient (Wildman–Crippen LogP) is 2.13. The fourth-order valence-corrected chi connectivity index (χ4v) is 3.21. The molecule has 0 fully saturated rings. The maximum absolute atomic E-state index is 13.1. The summed E-state index contributed by atoms with van der Waals surface area (Å²) in [5.41, 5.74) is 7.77. The number of azide groups is 1. The van der Waals surface area contributed by atoms with Crippen LogP contribution in [0.25, 0.3) is 10.4 Å². The summed E-state index contributed by atoms with van der Waals surface area (Å²) in [7, 11) is 0. The Morgan fingerprint density at radius 3 is 1.74 bits per heavy atom. The summed E-state index contributed by atoms with van der Waals surface area (Å²) in [6, 6.07) is -3.34. The van der Waals surface area contributed by atoms with Crippen molar-refractivity contribution < 1.29 is 29.0 Å². The number of carboxylic acid groups (broad SMARTS) is 1. The van der Waals surface area contributed by atoms with Gasteiger partial charge in [-0.3, -0.25) is 14.4 Å². The van der Waals surface area contributed by atoms with Gasteiger partial charge in [-0.05, 0) is 45.1 Å². The Morgan fingerprint density at radius 1 is 0.912 bits per heavy atom. The van der Waals surface area contributed by atoms with Crippen LogP contribution in [0, 0.1) is 11.8 Å². The lowest BCUT2D eigenvalue weighted by Crippen LogP contribution is -2.60. The SMILES string of the molecule is CC[C@H](C)[C@H](NC(=O)CN=[N+]=[N-])C(=O)N[C@H](C(=O)N[C@H](C(=O)O)[C@@H](C)OC(C)(C)C)[C@@H](C)CC. The first kappa shape index (κ1) is 31.1. The van der Waals surface area contributed by atoms with Crippen LogP contribution in [0.2, 0.25) is 0 Å². The van der Waals surface area contributed by atoms with E-state index in [4.69, 9.17) is 10.3 Å². The number of nitrogens with one attached hydrogen (secondary N) is 3. The van der Waals surface area contributed by atoms with Gasteiger partial charge in [-0.25, -0.2) is 4.79 Å². The molecule has 3 amide bonds. The Balaban J connectivity index is 5.71. The second-order valence-corrected chi connectivity index (χ2v) is 9.45. The van der Waals surface area contributed by atoms with Gasteiger partial charge >= 0.3 is 5.97 Å². The van der Waals surface area contributed by atoms with Crippen LogP contribution in [0.3, 0.4) is 0 Å². The van der Waals surface area contributed by atoms with Gasteiger partial charge in [0, 0.05) is 4.91 Å². The molecule has 0 heterocycles. The maximum Gasteiger partial charge on any atom is 0.328 e. The fraction of sp³-hybridized carbons (Fsp3) is 0.818. The summed E-state index contributed by atoms with van der Waals surface area (Å²) < 4.78 is 5.71. The van der Waals surface area contributed by atoms with Gasteiger partial charge in [0.15, 0.2) is 6.04 Å². The number of hydrogen-bond acceptors (Lipinski definition) is 6. The lowest BCUT2D eigenvalue weighted by Gasteiger charge is -2.32. The summed E-state index contributed by atoms with van der Waals surface area (Å²) in [6.07, 6.45) is 0.257. The smallest absolute Gasteiger partial charge is 0.328 e. The van der Waals surface area contributed by atoms with E-state index in [2.05, 4.69) is 26.0 Å². The third-order valence-electron chi connectivity index (χ3n) is 5.46. The van der Waals surface area contributed by atoms with E-state index in [-0.39, 0.29) is 11.8 Å². The van der Waals surface area contributed by atoms with E-state index in [0.29, 0.717) is 12.8 Å². The molecule has 0 unspecified atom stereocenters. The molecule has 0 aliphatic carbocycles. The molecule has 0 saturated heterocycles. The van der Waals surface area contributed by atoms with Gasteiger partial charge < -0.3 is 25.8 Å². The van der Waals surface area contributed by atoms with E-state index in [1.807, 2.05) is 13.8 Å². The first-order chi connectivity index (χ1) is 15.7. The second-order valence-electron chi connectivity index (χ2n) is 9.45. The highest BCUT2D eigenvalue weighted by Gasteiger charge is 2.36. The minimum absolute atomic E-state index is 0.275. The third kappa shape index (κ3) is 10.8. The van der Waals surface area contributed by atoms with Gasteiger partial charge in [0.05, 0.1) is 11.7 Å². The van der Waals surface area contributed by atoms with Crippen molar-refractivity contribution in [1.82, 2.24) is 16.0 Å². The van der Waals surface area contributed by atoms with E-state index in [0.717, 1.165) is 0 Å². The molecule has 0 saturated carbocycles. The first-order valence-electron chi connectivity index (χ1n) is 11.5. The van der Waals surface area contributed by atoms with Gasteiger partial charge in [0.25, 0.3) is 0 Å². The van der Waals surface area contributed by atoms with Crippen molar-refractivity contribution >= 4 is 23.7 Å². The number of ether oxygens (including phenoxy) is 1. The van der Waals surface area contributed by atoms with E-state index < -0.39 is 60.1 Å². The minimum atomic E-state index is -1.33. The predicted molar refractivity (Wildman–Crippen MR) is 127 cm³/mol.